The minimum Gasteiger partial charge on any atom is -0.489 e. The minimum absolute atomic E-state index is 0. The van der Waals surface area contributed by atoms with Crippen LogP contribution in [0.1, 0.15) is 13.3 Å². The number of benzene rings is 1. The number of ether oxygens (including phenoxy) is 1. The Kier molecular flexibility index (Phi) is 10.6. The van der Waals surface area contributed by atoms with E-state index in [-0.39, 0.29) is 48.8 Å². The lowest BCUT2D eigenvalue weighted by atomic mass is 10.3. The summed E-state index contributed by atoms with van der Waals surface area (Å²) in [7, 11) is 0. The van der Waals surface area contributed by atoms with Gasteiger partial charge in [0, 0.05) is 12.6 Å². The SMILES string of the molecule is CCNC(=NCCC(F)(F)F)NCCOc1ccc(F)cc1F.I. The van der Waals surface area contributed by atoms with Crippen LogP contribution in [0.3, 0.4) is 0 Å². The van der Waals surface area contributed by atoms with Gasteiger partial charge in [-0.1, -0.05) is 0 Å². The highest BCUT2D eigenvalue weighted by atomic mass is 127. The topological polar surface area (TPSA) is 45.7 Å². The van der Waals surface area contributed by atoms with Gasteiger partial charge in [0.2, 0.25) is 0 Å². The molecule has 0 unspecified atom stereocenters. The van der Waals surface area contributed by atoms with E-state index in [1.807, 2.05) is 0 Å². The van der Waals surface area contributed by atoms with Crippen molar-refractivity contribution < 1.29 is 26.7 Å². The number of guanidine groups is 1. The van der Waals surface area contributed by atoms with Gasteiger partial charge in [-0.05, 0) is 19.1 Å². The molecule has 0 radical (unpaired) electrons. The summed E-state index contributed by atoms with van der Waals surface area (Å²) in [6.07, 6.45) is -5.27. The quantitative estimate of drug-likeness (QED) is 0.212. The van der Waals surface area contributed by atoms with Gasteiger partial charge in [-0.3, -0.25) is 4.99 Å². The molecule has 0 spiro atoms. The van der Waals surface area contributed by atoms with E-state index in [0.29, 0.717) is 12.6 Å². The molecule has 4 nitrogen and oxygen atoms in total. The molecule has 1 aromatic rings. The second kappa shape index (κ2) is 11.3. The lowest BCUT2D eigenvalue weighted by Gasteiger charge is -2.12. The van der Waals surface area contributed by atoms with Crippen LogP contribution in [-0.2, 0) is 0 Å². The molecule has 1 rings (SSSR count). The molecule has 0 heterocycles. The highest BCUT2D eigenvalue weighted by Crippen LogP contribution is 2.19. The normalized spacial score (nSPS) is 11.7. The van der Waals surface area contributed by atoms with Crippen LogP contribution < -0.4 is 15.4 Å². The van der Waals surface area contributed by atoms with Crippen molar-refractivity contribution in [2.24, 2.45) is 4.99 Å². The monoisotopic (exact) mass is 467 g/mol. The zero-order valence-electron chi connectivity index (χ0n) is 12.9. The molecule has 0 aromatic heterocycles. The molecule has 0 atom stereocenters. The van der Waals surface area contributed by atoms with Crippen molar-refractivity contribution in [1.29, 1.82) is 0 Å². The van der Waals surface area contributed by atoms with Crippen LogP contribution in [0.5, 0.6) is 5.75 Å². The Hall–Kier alpha value is -1.33. The maximum Gasteiger partial charge on any atom is 0.390 e. The van der Waals surface area contributed by atoms with Gasteiger partial charge in [0.05, 0.1) is 19.5 Å². The van der Waals surface area contributed by atoms with Crippen LogP contribution in [-0.4, -0.2) is 38.4 Å². The summed E-state index contributed by atoms with van der Waals surface area (Å²) in [5.74, 6) is -1.43. The number of aliphatic imine (C=N–C) groups is 1. The molecule has 1 aromatic carbocycles. The van der Waals surface area contributed by atoms with Crippen LogP contribution in [0.15, 0.2) is 23.2 Å². The second-order valence-corrected chi connectivity index (χ2v) is 4.48. The summed E-state index contributed by atoms with van der Waals surface area (Å²) in [5.41, 5.74) is 0. The third-order valence-electron chi connectivity index (χ3n) is 2.56. The summed E-state index contributed by atoms with van der Waals surface area (Å²) in [4.78, 5) is 3.77. The highest BCUT2D eigenvalue weighted by Gasteiger charge is 2.26. The standard InChI is InChI=1S/C14H18F5N3O.HI/c1-2-20-13(21-6-5-14(17,18)19)22-7-8-23-12-4-3-10(15)9-11(12)16;/h3-4,9H,2,5-8H2,1H3,(H2,20,21,22);1H. The van der Waals surface area contributed by atoms with E-state index in [2.05, 4.69) is 15.6 Å². The Morgan fingerprint density at radius 2 is 1.92 bits per heavy atom. The van der Waals surface area contributed by atoms with Crippen LogP contribution in [0.25, 0.3) is 0 Å². The molecule has 0 fully saturated rings. The average Bonchev–Trinajstić information content (AvgIpc) is 2.44. The van der Waals surface area contributed by atoms with E-state index in [9.17, 15) is 22.0 Å². The molecule has 0 saturated heterocycles. The van der Waals surface area contributed by atoms with Gasteiger partial charge in [-0.25, -0.2) is 8.78 Å². The fraction of sp³-hybridized carbons (Fsp3) is 0.500. The van der Waals surface area contributed by atoms with Gasteiger partial charge in [0.15, 0.2) is 17.5 Å². The summed E-state index contributed by atoms with van der Waals surface area (Å²) in [6, 6.07) is 2.92. The number of rotatable bonds is 7. The number of hydrogen-bond acceptors (Lipinski definition) is 2. The van der Waals surface area contributed by atoms with Crippen molar-refractivity contribution in [3.05, 3.63) is 29.8 Å². The van der Waals surface area contributed by atoms with Crippen molar-refractivity contribution in [2.45, 2.75) is 19.5 Å². The Bertz CT molecular complexity index is 526. The molecule has 0 saturated carbocycles. The average molecular weight is 467 g/mol. The zero-order valence-corrected chi connectivity index (χ0v) is 15.3. The highest BCUT2D eigenvalue weighted by molar-refractivity contribution is 14.0. The maximum absolute atomic E-state index is 13.3. The van der Waals surface area contributed by atoms with Crippen LogP contribution in [0, 0.1) is 11.6 Å². The third kappa shape index (κ3) is 9.73. The van der Waals surface area contributed by atoms with E-state index < -0.39 is 30.8 Å². The molecule has 0 bridgehead atoms. The fourth-order valence-corrected chi connectivity index (χ4v) is 1.56. The molecule has 24 heavy (non-hydrogen) atoms. The Labute approximate surface area is 153 Å². The molecule has 0 aliphatic rings. The molecule has 10 heteroatoms. The van der Waals surface area contributed by atoms with Gasteiger partial charge in [-0.15, -0.1) is 24.0 Å². The molecule has 138 valence electrons. The van der Waals surface area contributed by atoms with Gasteiger partial charge in [0.1, 0.15) is 12.4 Å². The smallest absolute Gasteiger partial charge is 0.390 e. The fourth-order valence-electron chi connectivity index (χ4n) is 1.56. The predicted octanol–water partition coefficient (Wildman–Crippen LogP) is 3.47. The summed E-state index contributed by atoms with van der Waals surface area (Å²) in [5, 5.41) is 5.54. The van der Waals surface area contributed by atoms with Crippen LogP contribution >= 0.6 is 24.0 Å². The number of alkyl halides is 3. The van der Waals surface area contributed by atoms with E-state index in [1.165, 1.54) is 0 Å². The van der Waals surface area contributed by atoms with Crippen molar-refractivity contribution >= 4 is 29.9 Å². The number of hydrogen-bond donors (Lipinski definition) is 2. The lowest BCUT2D eigenvalue weighted by molar-refractivity contribution is -0.132. The maximum atomic E-state index is 13.3. The van der Waals surface area contributed by atoms with Crippen molar-refractivity contribution in [2.75, 3.05) is 26.2 Å². The number of nitrogens with zero attached hydrogens (tertiary/aromatic N) is 1. The van der Waals surface area contributed by atoms with E-state index in [4.69, 9.17) is 4.74 Å². The van der Waals surface area contributed by atoms with Crippen molar-refractivity contribution in [3.8, 4) is 5.75 Å². The largest absolute Gasteiger partial charge is 0.489 e. The van der Waals surface area contributed by atoms with Crippen LogP contribution in [0.4, 0.5) is 22.0 Å². The Morgan fingerprint density at radius 1 is 1.21 bits per heavy atom. The molecule has 0 aliphatic heterocycles. The molecule has 2 N–H and O–H groups in total. The Morgan fingerprint density at radius 3 is 2.50 bits per heavy atom. The van der Waals surface area contributed by atoms with Crippen LogP contribution in [0.2, 0.25) is 0 Å². The zero-order chi connectivity index (χ0) is 17.3. The van der Waals surface area contributed by atoms with Gasteiger partial charge < -0.3 is 15.4 Å². The predicted molar refractivity (Wildman–Crippen MR) is 91.9 cm³/mol. The number of halogens is 6. The lowest BCUT2D eigenvalue weighted by Crippen LogP contribution is -2.39. The first kappa shape index (κ1) is 22.7. The van der Waals surface area contributed by atoms with Gasteiger partial charge in [0.25, 0.3) is 0 Å². The molecule has 0 amide bonds. The number of nitrogens with one attached hydrogen (secondary N) is 2. The van der Waals surface area contributed by atoms with Gasteiger partial charge in [-0.2, -0.15) is 13.2 Å². The van der Waals surface area contributed by atoms with Gasteiger partial charge >= 0.3 is 6.18 Å². The molecule has 0 aliphatic carbocycles. The first-order chi connectivity index (χ1) is 10.8. The summed E-state index contributed by atoms with van der Waals surface area (Å²) >= 11 is 0. The van der Waals surface area contributed by atoms with E-state index in [0.717, 1.165) is 12.1 Å². The second-order valence-electron chi connectivity index (χ2n) is 4.48. The summed E-state index contributed by atoms with van der Waals surface area (Å²) in [6.45, 7) is 2.07. The van der Waals surface area contributed by atoms with Crippen molar-refractivity contribution in [1.82, 2.24) is 10.6 Å². The third-order valence-corrected chi connectivity index (χ3v) is 2.56. The Balaban J connectivity index is 0.00000529. The summed E-state index contributed by atoms with van der Waals surface area (Å²) < 4.78 is 67.3. The first-order valence-electron chi connectivity index (χ1n) is 6.98. The minimum atomic E-state index is -4.26. The first-order valence-corrected chi connectivity index (χ1v) is 6.98. The van der Waals surface area contributed by atoms with E-state index in [1.54, 1.807) is 6.92 Å². The van der Waals surface area contributed by atoms with Crippen molar-refractivity contribution in [3.63, 3.8) is 0 Å². The van der Waals surface area contributed by atoms with E-state index >= 15 is 0 Å². The molecular weight excluding hydrogens is 448 g/mol. The molecular formula is C14H19F5IN3O.